The van der Waals surface area contributed by atoms with Gasteiger partial charge >= 0.3 is 6.09 Å². The van der Waals surface area contributed by atoms with Crippen LogP contribution in [0.1, 0.15) is 43.5 Å². The maximum absolute atomic E-state index is 13.4. The fraction of sp³-hybridized carbons (Fsp3) is 0.296. The lowest BCUT2D eigenvalue weighted by Crippen LogP contribution is -2.53. The van der Waals surface area contributed by atoms with Crippen molar-refractivity contribution in [1.82, 2.24) is 15.5 Å². The van der Waals surface area contributed by atoms with Crippen LogP contribution in [0.5, 0.6) is 0 Å². The second-order valence-electron chi connectivity index (χ2n) is 8.56. The molecule has 3 N–H and O–H groups in total. The number of amides is 3. The summed E-state index contributed by atoms with van der Waals surface area (Å²) in [5.74, 6) is 1.03. The molecule has 2 aromatic carbocycles. The van der Waals surface area contributed by atoms with E-state index >= 15 is 0 Å². The number of terminal acetylenes is 2. The second kappa shape index (κ2) is 12.3. The first kappa shape index (κ1) is 27.0. The molecule has 0 aliphatic carbocycles. The van der Waals surface area contributed by atoms with Crippen molar-refractivity contribution in [2.75, 3.05) is 6.61 Å². The van der Waals surface area contributed by atoms with Crippen LogP contribution in [-0.4, -0.2) is 46.2 Å². The van der Waals surface area contributed by atoms with Crippen LogP contribution in [-0.2, 0) is 20.9 Å². The highest BCUT2D eigenvalue weighted by atomic mass is 16.6. The number of nitrogens with zero attached hydrogens (tertiary/aromatic N) is 1. The van der Waals surface area contributed by atoms with Gasteiger partial charge in [0.05, 0.1) is 6.61 Å². The van der Waals surface area contributed by atoms with E-state index in [9.17, 15) is 19.5 Å². The maximum Gasteiger partial charge on any atom is 0.408 e. The predicted octanol–water partition coefficient (Wildman–Crippen LogP) is 2.33. The van der Waals surface area contributed by atoms with Gasteiger partial charge in [0.15, 0.2) is 0 Å². The normalized spacial score (nSPS) is 12.3. The summed E-state index contributed by atoms with van der Waals surface area (Å²) in [5, 5.41) is 14.9. The van der Waals surface area contributed by atoms with E-state index in [-0.39, 0.29) is 6.54 Å². The van der Waals surface area contributed by atoms with Gasteiger partial charge in [-0.2, -0.15) is 0 Å². The number of hydrogen-bond donors (Lipinski definition) is 3. The fourth-order valence-corrected chi connectivity index (χ4v) is 3.21. The highest BCUT2D eigenvalue weighted by Gasteiger charge is 2.36. The molecule has 0 aliphatic rings. The van der Waals surface area contributed by atoms with Crippen molar-refractivity contribution in [2.24, 2.45) is 0 Å². The Morgan fingerprint density at radius 3 is 2.26 bits per heavy atom. The number of nitrogens with one attached hydrogen (secondary N) is 2. The highest BCUT2D eigenvalue weighted by molar-refractivity contribution is 5.93. The Balaban J connectivity index is 2.39. The van der Waals surface area contributed by atoms with E-state index in [0.29, 0.717) is 11.1 Å². The van der Waals surface area contributed by atoms with Gasteiger partial charge in [0.2, 0.25) is 5.91 Å². The Morgan fingerprint density at radius 2 is 1.69 bits per heavy atom. The molecule has 0 aromatic heterocycles. The first-order valence-electron chi connectivity index (χ1n) is 10.9. The molecular formula is C27H29N3O5. The van der Waals surface area contributed by atoms with E-state index in [1.54, 1.807) is 45.0 Å². The van der Waals surface area contributed by atoms with Gasteiger partial charge in [-0.15, -0.1) is 6.42 Å². The van der Waals surface area contributed by atoms with Gasteiger partial charge in [-0.1, -0.05) is 60.9 Å². The molecule has 0 fully saturated rings. The zero-order chi connectivity index (χ0) is 26.0. The molecule has 0 saturated heterocycles. The Hall–Kier alpha value is -4.27. The quantitative estimate of drug-likeness (QED) is 0.401. The number of carbonyl (C=O) groups is 3. The van der Waals surface area contributed by atoms with Crippen molar-refractivity contribution in [3.05, 3.63) is 71.3 Å². The zero-order valence-electron chi connectivity index (χ0n) is 19.9. The lowest BCUT2D eigenvalue weighted by atomic mass is 9.98. The summed E-state index contributed by atoms with van der Waals surface area (Å²) in [7, 11) is 0. The lowest BCUT2D eigenvalue weighted by Gasteiger charge is -2.30. The number of ether oxygens (including phenoxy) is 1. The summed E-state index contributed by atoms with van der Waals surface area (Å²) >= 11 is 0. The average molecular weight is 476 g/mol. The molecule has 0 aliphatic heterocycles. The van der Waals surface area contributed by atoms with E-state index in [2.05, 4.69) is 22.6 Å². The minimum atomic E-state index is -1.46. The largest absolute Gasteiger partial charge is 0.444 e. The summed E-state index contributed by atoms with van der Waals surface area (Å²) < 4.78 is 5.16. The Bertz CT molecular complexity index is 1130. The molecule has 8 nitrogen and oxygen atoms in total. The lowest BCUT2D eigenvalue weighted by molar-refractivity contribution is -0.139. The first-order chi connectivity index (χ1) is 16.6. The molecule has 8 heteroatoms. The molecule has 0 radical (unpaired) electrons. The van der Waals surface area contributed by atoms with Crippen molar-refractivity contribution >= 4 is 17.9 Å². The molecule has 3 amide bonds. The monoisotopic (exact) mass is 475 g/mol. The molecule has 2 aromatic rings. The smallest absolute Gasteiger partial charge is 0.408 e. The topological polar surface area (TPSA) is 108 Å². The maximum atomic E-state index is 13.4. The van der Waals surface area contributed by atoms with Gasteiger partial charge in [0.25, 0.3) is 5.91 Å². The highest BCUT2D eigenvalue weighted by Crippen LogP contribution is 2.25. The van der Waals surface area contributed by atoms with Crippen molar-refractivity contribution in [1.29, 1.82) is 0 Å². The molecule has 182 valence electrons. The third-order valence-electron chi connectivity index (χ3n) is 4.78. The van der Waals surface area contributed by atoms with Crippen LogP contribution in [0.25, 0.3) is 0 Å². The van der Waals surface area contributed by atoms with Crippen LogP contribution in [0.3, 0.4) is 0 Å². The minimum absolute atomic E-state index is 0.181. The Morgan fingerprint density at radius 1 is 1.06 bits per heavy atom. The number of rotatable bonds is 8. The number of aliphatic hydroxyl groups excluding tert-OH is 1. The summed E-state index contributed by atoms with van der Waals surface area (Å²) in [6, 6.07) is 15.2. The fourth-order valence-electron chi connectivity index (χ4n) is 3.21. The number of carbonyl (C=O) groups excluding carboxylic acids is 3. The number of benzene rings is 2. The average Bonchev–Trinajstić information content (AvgIpc) is 2.83. The number of aliphatic hydroxyl groups is 1. The van der Waals surface area contributed by atoms with Crippen molar-refractivity contribution in [3.8, 4) is 24.8 Å². The third-order valence-corrected chi connectivity index (χ3v) is 4.78. The number of alkyl carbamates (subject to hydrolysis) is 1. The first-order valence-corrected chi connectivity index (χ1v) is 10.9. The van der Waals surface area contributed by atoms with E-state index in [1.807, 2.05) is 30.3 Å². The summed E-state index contributed by atoms with van der Waals surface area (Å²) in [6.07, 6.45) is 10.4. The SMILES string of the molecule is C#Cc1ccccc1C(C(=O)NCc1ccccc1)N(C#C)C(=O)C(CO)NC(=O)OC(C)(C)C. The van der Waals surface area contributed by atoms with Crippen LogP contribution >= 0.6 is 0 Å². The van der Waals surface area contributed by atoms with Crippen molar-refractivity contribution in [2.45, 2.75) is 45.0 Å². The summed E-state index contributed by atoms with van der Waals surface area (Å²) in [5.41, 5.74) is 0.690. The second-order valence-corrected chi connectivity index (χ2v) is 8.56. The molecule has 0 heterocycles. The van der Waals surface area contributed by atoms with E-state index in [0.717, 1.165) is 10.5 Å². The van der Waals surface area contributed by atoms with Crippen LogP contribution in [0.2, 0.25) is 0 Å². The van der Waals surface area contributed by atoms with E-state index in [1.165, 1.54) is 0 Å². The van der Waals surface area contributed by atoms with Crippen LogP contribution in [0, 0.1) is 24.8 Å². The molecule has 2 atom stereocenters. The van der Waals surface area contributed by atoms with Gasteiger partial charge < -0.3 is 20.5 Å². The van der Waals surface area contributed by atoms with Gasteiger partial charge in [-0.3, -0.25) is 14.5 Å². The van der Waals surface area contributed by atoms with Gasteiger partial charge in [0.1, 0.15) is 17.7 Å². The summed E-state index contributed by atoms with van der Waals surface area (Å²) in [6.45, 7) is 4.37. The summed E-state index contributed by atoms with van der Waals surface area (Å²) in [4.78, 5) is 39.7. The van der Waals surface area contributed by atoms with Crippen molar-refractivity contribution < 1.29 is 24.2 Å². The zero-order valence-corrected chi connectivity index (χ0v) is 19.9. The molecular weight excluding hydrogens is 446 g/mol. The van der Waals surface area contributed by atoms with Gasteiger partial charge in [0, 0.05) is 23.7 Å². The molecule has 0 spiro atoms. The predicted molar refractivity (Wildman–Crippen MR) is 131 cm³/mol. The van der Waals surface area contributed by atoms with Crippen LogP contribution < -0.4 is 10.6 Å². The van der Waals surface area contributed by atoms with Gasteiger partial charge in [-0.25, -0.2) is 4.79 Å². The molecule has 0 bridgehead atoms. The molecule has 35 heavy (non-hydrogen) atoms. The van der Waals surface area contributed by atoms with Gasteiger partial charge in [-0.05, 0) is 32.4 Å². The van der Waals surface area contributed by atoms with E-state index < -0.39 is 42.2 Å². The van der Waals surface area contributed by atoms with Crippen LogP contribution in [0.4, 0.5) is 4.79 Å². The molecule has 2 rings (SSSR count). The standard InChI is InChI=1S/C27H29N3O5/c1-6-20-15-11-12-16-21(20)23(24(32)28-17-19-13-9-8-10-14-19)30(7-2)25(33)22(18-31)29-26(34)35-27(3,4)5/h1-2,8-16,22-23,31H,17-18H2,3-5H3,(H,28,32)(H,29,34). The molecule has 2 unspecified atom stereocenters. The van der Waals surface area contributed by atoms with Crippen LogP contribution in [0.15, 0.2) is 54.6 Å². The Labute approximate surface area is 205 Å². The Kier molecular flexibility index (Phi) is 9.45. The minimum Gasteiger partial charge on any atom is -0.444 e. The van der Waals surface area contributed by atoms with Crippen molar-refractivity contribution in [3.63, 3.8) is 0 Å². The molecule has 0 saturated carbocycles. The third kappa shape index (κ3) is 7.63. The number of hydrogen-bond acceptors (Lipinski definition) is 5. The van der Waals surface area contributed by atoms with E-state index in [4.69, 9.17) is 17.6 Å².